The molecule has 0 saturated heterocycles. The Hall–Kier alpha value is -2.92. The highest BCUT2D eigenvalue weighted by Crippen LogP contribution is 2.40. The minimum absolute atomic E-state index is 0.0330. The van der Waals surface area contributed by atoms with E-state index in [0.29, 0.717) is 12.1 Å². The third-order valence-electron chi connectivity index (χ3n) is 4.80. The monoisotopic (exact) mass is 464 g/mol. The van der Waals surface area contributed by atoms with E-state index in [9.17, 15) is 35.5 Å². The lowest BCUT2D eigenvalue weighted by atomic mass is 9.82. The summed E-state index contributed by atoms with van der Waals surface area (Å²) in [6.45, 7) is 6.39. The lowest BCUT2D eigenvalue weighted by molar-refractivity contribution is -0.140. The van der Waals surface area contributed by atoms with Crippen LogP contribution in [-0.2, 0) is 12.6 Å². The zero-order chi connectivity index (χ0) is 24.2. The van der Waals surface area contributed by atoms with Gasteiger partial charge in [-0.1, -0.05) is 26.8 Å². The summed E-state index contributed by atoms with van der Waals surface area (Å²) in [5, 5.41) is 3.61. The minimum atomic E-state index is -4.91. The van der Waals surface area contributed by atoms with Gasteiger partial charge in [0, 0.05) is 0 Å². The Morgan fingerprint density at radius 1 is 1.09 bits per heavy atom. The molecule has 1 atom stereocenters. The molecule has 0 aliphatic carbocycles. The Morgan fingerprint density at radius 2 is 1.72 bits per heavy atom. The van der Waals surface area contributed by atoms with Crippen LogP contribution in [0, 0.1) is 18.2 Å². The van der Waals surface area contributed by atoms with Gasteiger partial charge in [0.1, 0.15) is 17.0 Å². The Labute approximate surface area is 177 Å². The van der Waals surface area contributed by atoms with Crippen LogP contribution in [0.5, 0.6) is 0 Å². The first kappa shape index (κ1) is 23.7. The molecule has 0 fully saturated rings. The normalized spacial score (nSPS) is 14.2. The summed E-state index contributed by atoms with van der Waals surface area (Å²) in [6.07, 6.45) is -11.1. The summed E-state index contributed by atoms with van der Waals surface area (Å²) in [4.78, 5) is 18.9. The van der Waals surface area contributed by atoms with E-state index >= 15 is 0 Å². The number of nitrogens with zero attached hydrogens (tertiary/aromatic N) is 3. The Balaban J connectivity index is 2.32. The van der Waals surface area contributed by atoms with Gasteiger partial charge in [0.25, 0.3) is 5.56 Å². The number of aromatic amines is 1. The molecule has 0 spiro atoms. The van der Waals surface area contributed by atoms with Crippen LogP contribution in [0.1, 0.15) is 49.5 Å². The van der Waals surface area contributed by atoms with Crippen LogP contribution in [-0.4, -0.2) is 25.9 Å². The number of H-pyrrole nitrogens is 1. The number of rotatable bonds is 3. The molecule has 0 radical (unpaired) electrons. The van der Waals surface area contributed by atoms with Crippen LogP contribution in [0.15, 0.2) is 23.0 Å². The summed E-state index contributed by atoms with van der Waals surface area (Å²) >= 11 is 0. The minimum Gasteiger partial charge on any atom is -0.310 e. The first-order chi connectivity index (χ1) is 14.5. The number of hydrogen-bond donors (Lipinski definition) is 1. The molecule has 0 aliphatic heterocycles. The topological polar surface area (TPSA) is 63.6 Å². The summed E-state index contributed by atoms with van der Waals surface area (Å²) < 4.78 is 93.7. The standard InChI is InChI=1S/C20H19F7N4O/c1-9-28-16-14(17(32)29-9)13(8-19(22,23)24)30-31(16)15(18(2,3)4)10-5-6-11(12(21)7-10)20(25,26)27/h5-7,15H,8H2,1-4H3,(H,28,29,32)/t15-/m0/s1. The molecule has 1 N–H and O–H groups in total. The quantitative estimate of drug-likeness (QED) is 0.534. The number of benzene rings is 1. The van der Waals surface area contributed by atoms with Crippen molar-refractivity contribution in [2.75, 3.05) is 0 Å². The summed E-state index contributed by atoms with van der Waals surface area (Å²) in [5.74, 6) is -1.42. The van der Waals surface area contributed by atoms with Crippen molar-refractivity contribution in [3.05, 3.63) is 57.0 Å². The number of aromatic nitrogens is 4. The molecule has 2 heterocycles. The Kier molecular flexibility index (Phi) is 5.63. The molecule has 174 valence electrons. The van der Waals surface area contributed by atoms with Crippen molar-refractivity contribution >= 4 is 11.0 Å². The van der Waals surface area contributed by atoms with Gasteiger partial charge in [0.05, 0.1) is 23.7 Å². The van der Waals surface area contributed by atoms with Crippen molar-refractivity contribution in [3.8, 4) is 0 Å². The highest BCUT2D eigenvalue weighted by molar-refractivity contribution is 5.77. The summed E-state index contributed by atoms with van der Waals surface area (Å²) in [5.41, 5.74) is -3.88. The van der Waals surface area contributed by atoms with Crippen molar-refractivity contribution in [1.29, 1.82) is 0 Å². The van der Waals surface area contributed by atoms with Gasteiger partial charge in [0.15, 0.2) is 5.65 Å². The van der Waals surface area contributed by atoms with Gasteiger partial charge in [-0.15, -0.1) is 0 Å². The van der Waals surface area contributed by atoms with Gasteiger partial charge >= 0.3 is 12.4 Å². The van der Waals surface area contributed by atoms with E-state index in [2.05, 4.69) is 15.1 Å². The number of halogens is 7. The van der Waals surface area contributed by atoms with Crippen molar-refractivity contribution in [3.63, 3.8) is 0 Å². The van der Waals surface area contributed by atoms with Gasteiger partial charge in [0.2, 0.25) is 0 Å². The zero-order valence-corrected chi connectivity index (χ0v) is 17.4. The Bertz CT molecular complexity index is 1220. The molecule has 0 unspecified atom stereocenters. The number of hydrogen-bond acceptors (Lipinski definition) is 3. The van der Waals surface area contributed by atoms with E-state index in [-0.39, 0.29) is 22.4 Å². The molecule has 12 heteroatoms. The van der Waals surface area contributed by atoms with E-state index in [1.54, 1.807) is 20.8 Å². The number of aryl methyl sites for hydroxylation is 1. The van der Waals surface area contributed by atoms with E-state index < -0.39 is 52.9 Å². The van der Waals surface area contributed by atoms with Crippen molar-refractivity contribution in [1.82, 2.24) is 19.7 Å². The lowest BCUT2D eigenvalue weighted by Crippen LogP contribution is -2.27. The van der Waals surface area contributed by atoms with Crippen molar-refractivity contribution < 1.29 is 30.7 Å². The highest BCUT2D eigenvalue weighted by Gasteiger charge is 2.38. The van der Waals surface area contributed by atoms with Gasteiger partial charge in [-0.05, 0) is 30.0 Å². The van der Waals surface area contributed by atoms with Crippen LogP contribution in [0.2, 0.25) is 0 Å². The smallest absolute Gasteiger partial charge is 0.310 e. The maximum Gasteiger partial charge on any atom is 0.419 e. The van der Waals surface area contributed by atoms with Crippen LogP contribution < -0.4 is 5.56 Å². The molecule has 0 bridgehead atoms. The van der Waals surface area contributed by atoms with Crippen LogP contribution >= 0.6 is 0 Å². The van der Waals surface area contributed by atoms with E-state index in [1.165, 1.54) is 6.92 Å². The average Bonchev–Trinajstić information content (AvgIpc) is 2.88. The number of nitrogens with one attached hydrogen (secondary N) is 1. The molecule has 3 rings (SSSR count). The molecule has 2 aromatic heterocycles. The van der Waals surface area contributed by atoms with Gasteiger partial charge in [-0.3, -0.25) is 4.79 Å². The SMILES string of the molecule is Cc1nc2c(c(CC(F)(F)F)nn2[C@@H](c2ccc(C(F)(F)F)c(F)c2)C(C)(C)C)c(=O)[nH]1. The van der Waals surface area contributed by atoms with Crippen LogP contribution in [0.25, 0.3) is 11.0 Å². The second-order valence-electron chi connectivity index (χ2n) is 8.54. The molecular formula is C20H19F7N4O. The average molecular weight is 464 g/mol. The fraction of sp³-hybridized carbons (Fsp3) is 0.450. The van der Waals surface area contributed by atoms with Gasteiger partial charge < -0.3 is 4.98 Å². The lowest BCUT2D eigenvalue weighted by Gasteiger charge is -2.32. The molecule has 5 nitrogen and oxygen atoms in total. The maximum absolute atomic E-state index is 14.3. The predicted octanol–water partition coefficient (Wildman–Crippen LogP) is 5.33. The second-order valence-corrected chi connectivity index (χ2v) is 8.54. The third kappa shape index (κ3) is 4.63. The van der Waals surface area contributed by atoms with E-state index in [1.807, 2.05) is 0 Å². The largest absolute Gasteiger partial charge is 0.419 e. The number of fused-ring (bicyclic) bond motifs is 1. The van der Waals surface area contributed by atoms with Crippen LogP contribution in [0.4, 0.5) is 30.7 Å². The molecular weight excluding hydrogens is 445 g/mol. The molecule has 0 amide bonds. The van der Waals surface area contributed by atoms with Gasteiger partial charge in [-0.2, -0.15) is 31.4 Å². The second kappa shape index (κ2) is 7.59. The number of alkyl halides is 6. The van der Waals surface area contributed by atoms with Crippen LogP contribution in [0.3, 0.4) is 0 Å². The van der Waals surface area contributed by atoms with Crippen molar-refractivity contribution in [2.45, 2.75) is 52.5 Å². The predicted molar refractivity (Wildman–Crippen MR) is 102 cm³/mol. The maximum atomic E-state index is 14.3. The fourth-order valence-corrected chi connectivity index (χ4v) is 3.66. The molecule has 3 aromatic rings. The fourth-order valence-electron chi connectivity index (χ4n) is 3.66. The van der Waals surface area contributed by atoms with Gasteiger partial charge in [-0.25, -0.2) is 14.1 Å². The van der Waals surface area contributed by atoms with E-state index in [4.69, 9.17) is 0 Å². The highest BCUT2D eigenvalue weighted by atomic mass is 19.4. The molecule has 32 heavy (non-hydrogen) atoms. The third-order valence-corrected chi connectivity index (χ3v) is 4.80. The molecule has 0 saturated carbocycles. The first-order valence-corrected chi connectivity index (χ1v) is 9.40. The van der Waals surface area contributed by atoms with Crippen molar-refractivity contribution in [2.24, 2.45) is 5.41 Å². The summed E-state index contributed by atoms with van der Waals surface area (Å²) in [7, 11) is 0. The molecule has 0 aliphatic rings. The van der Waals surface area contributed by atoms with E-state index in [0.717, 1.165) is 10.7 Å². The molecule has 1 aromatic carbocycles. The summed E-state index contributed by atoms with van der Waals surface area (Å²) in [6, 6.07) is 1.25. The Morgan fingerprint density at radius 3 is 2.22 bits per heavy atom. The zero-order valence-electron chi connectivity index (χ0n) is 17.4. The first-order valence-electron chi connectivity index (χ1n) is 9.40.